The Kier molecular flexibility index (Phi) is 7.55. The Bertz CT molecular complexity index is 518. The molecule has 0 aromatic carbocycles. The monoisotopic (exact) mass is 463 g/mol. The van der Waals surface area contributed by atoms with E-state index in [1.807, 2.05) is 17.8 Å². The third-order valence-corrected chi connectivity index (χ3v) is 12.2. The molecule has 0 amide bonds. The summed E-state index contributed by atoms with van der Waals surface area (Å²) < 4.78 is 0. The van der Waals surface area contributed by atoms with E-state index >= 15 is 0 Å². The van der Waals surface area contributed by atoms with Crippen LogP contribution in [0.2, 0.25) is 0 Å². The summed E-state index contributed by atoms with van der Waals surface area (Å²) in [6, 6.07) is 0. The first-order valence-electron chi connectivity index (χ1n) is 13.4. The predicted molar refractivity (Wildman–Crippen MR) is 131 cm³/mol. The van der Waals surface area contributed by atoms with Crippen LogP contribution in [0, 0.1) is 69.5 Å². The average Bonchev–Trinajstić information content (AvgIpc) is 3.49. The minimum absolute atomic E-state index is 0. The average molecular weight is 464 g/mol. The Hall–Kier alpha value is 0.532. The summed E-state index contributed by atoms with van der Waals surface area (Å²) in [5, 5.41) is 0. The van der Waals surface area contributed by atoms with Crippen LogP contribution in [0.15, 0.2) is 0 Å². The number of fused-ring (bicyclic) bond motifs is 6. The molecule has 0 aromatic rings. The molecule has 31 heavy (non-hydrogen) atoms. The summed E-state index contributed by atoms with van der Waals surface area (Å²) >= 11 is 0. The van der Waals surface area contributed by atoms with E-state index in [-0.39, 0.29) is 17.4 Å². The van der Waals surface area contributed by atoms with Crippen molar-refractivity contribution in [2.75, 3.05) is 0 Å². The van der Waals surface area contributed by atoms with Gasteiger partial charge in [-0.2, -0.15) is 54.8 Å². The summed E-state index contributed by atoms with van der Waals surface area (Å²) in [7, 11) is 0. The molecule has 1 heteroatoms. The normalized spacial score (nSPS) is 43.3. The first-order chi connectivity index (χ1) is 13.9. The molecule has 6 aliphatic carbocycles. The molecule has 6 saturated carbocycles. The molecule has 6 fully saturated rings. The predicted octanol–water partition coefficient (Wildman–Crippen LogP) is 9.11. The largest absolute Gasteiger partial charge is 3.00 e. The van der Waals surface area contributed by atoms with Gasteiger partial charge in [0.1, 0.15) is 0 Å². The Morgan fingerprint density at radius 3 is 0.806 bits per heavy atom. The quantitative estimate of drug-likeness (QED) is 0.314. The molecule has 1 radical (unpaired) electrons. The van der Waals surface area contributed by atoms with Crippen LogP contribution < -0.4 is 0 Å². The molecule has 0 N–H and O–H groups in total. The van der Waals surface area contributed by atoms with Gasteiger partial charge in [-0.05, 0) is 0 Å². The van der Waals surface area contributed by atoms with Crippen LogP contribution in [-0.4, -0.2) is 0 Å². The van der Waals surface area contributed by atoms with Crippen molar-refractivity contribution in [1.29, 1.82) is 0 Å². The van der Waals surface area contributed by atoms with Crippen molar-refractivity contribution in [3.63, 3.8) is 0 Å². The van der Waals surface area contributed by atoms with E-state index in [0.717, 1.165) is 35.5 Å². The number of hydrogen-bond acceptors (Lipinski definition) is 0. The van der Waals surface area contributed by atoms with Crippen LogP contribution in [0.4, 0.5) is 0 Å². The zero-order chi connectivity index (χ0) is 22.1. The van der Waals surface area contributed by atoms with Gasteiger partial charge in [0.25, 0.3) is 0 Å². The second-order valence-corrected chi connectivity index (χ2v) is 13.9. The van der Waals surface area contributed by atoms with Crippen molar-refractivity contribution < 1.29 is 17.4 Å². The van der Waals surface area contributed by atoms with Crippen molar-refractivity contribution in [1.82, 2.24) is 0 Å². The summed E-state index contributed by atoms with van der Waals surface area (Å²) in [4.78, 5) is 0. The third-order valence-electron chi connectivity index (χ3n) is 12.2. The van der Waals surface area contributed by atoms with Crippen molar-refractivity contribution in [3.8, 4) is 0 Å². The van der Waals surface area contributed by atoms with E-state index in [1.54, 1.807) is 0 Å². The molecular formula is C30H51Cr. The molecule has 6 rings (SSSR count). The standard InChI is InChI=1S/3C10H17.Cr/c3*1-7-8-4-5-9(6-8)10(7,2)3;/h3*7-8H,4-6H2,1-3H3;/q3*-1;+3. The van der Waals surface area contributed by atoms with Crippen LogP contribution in [0.3, 0.4) is 0 Å². The second-order valence-electron chi connectivity index (χ2n) is 13.9. The first kappa shape index (κ1) is 26.1. The van der Waals surface area contributed by atoms with Crippen LogP contribution in [0.1, 0.15) is 120 Å². The minimum Gasteiger partial charge on any atom is -0.308 e. The van der Waals surface area contributed by atoms with E-state index in [4.69, 9.17) is 0 Å². The minimum atomic E-state index is 0. The van der Waals surface area contributed by atoms with Crippen LogP contribution in [0.25, 0.3) is 0 Å². The van der Waals surface area contributed by atoms with E-state index in [0.29, 0.717) is 16.2 Å². The molecule has 6 aliphatic rings. The van der Waals surface area contributed by atoms with Gasteiger partial charge < -0.3 is 17.8 Å². The van der Waals surface area contributed by atoms with Gasteiger partial charge in [0, 0.05) is 0 Å². The molecule has 0 saturated heterocycles. The fourth-order valence-electron chi connectivity index (χ4n) is 8.41. The van der Waals surface area contributed by atoms with Gasteiger partial charge in [-0.25, -0.2) is 0 Å². The summed E-state index contributed by atoms with van der Waals surface area (Å²) in [6.07, 6.45) is 13.1. The van der Waals surface area contributed by atoms with Gasteiger partial charge in [-0.3, -0.25) is 0 Å². The Morgan fingerprint density at radius 2 is 0.710 bits per heavy atom. The fourth-order valence-corrected chi connectivity index (χ4v) is 8.41. The van der Waals surface area contributed by atoms with Crippen molar-refractivity contribution in [2.24, 2.45) is 51.8 Å². The summed E-state index contributed by atoms with van der Waals surface area (Å²) in [5.74, 6) is 11.6. The van der Waals surface area contributed by atoms with E-state index in [2.05, 4.69) is 62.3 Å². The second kappa shape index (κ2) is 8.95. The van der Waals surface area contributed by atoms with Crippen molar-refractivity contribution in [2.45, 2.75) is 120 Å². The van der Waals surface area contributed by atoms with Gasteiger partial charge in [-0.1, -0.05) is 117 Å². The van der Waals surface area contributed by atoms with Crippen molar-refractivity contribution in [3.05, 3.63) is 17.8 Å². The topological polar surface area (TPSA) is 0 Å². The summed E-state index contributed by atoms with van der Waals surface area (Å²) in [5.41, 5.74) is 1.76. The van der Waals surface area contributed by atoms with Gasteiger partial charge in [0.15, 0.2) is 0 Å². The molecule has 0 spiro atoms. The molecule has 0 heterocycles. The third kappa shape index (κ3) is 4.36. The molecule has 177 valence electrons. The molecular weight excluding hydrogens is 412 g/mol. The Labute approximate surface area is 206 Å². The van der Waals surface area contributed by atoms with E-state index in [1.165, 1.54) is 57.8 Å². The number of hydrogen-bond donors (Lipinski definition) is 0. The zero-order valence-electron chi connectivity index (χ0n) is 22.2. The maximum Gasteiger partial charge on any atom is 3.00 e. The first-order valence-corrected chi connectivity index (χ1v) is 13.4. The number of rotatable bonds is 0. The van der Waals surface area contributed by atoms with Crippen LogP contribution in [-0.2, 0) is 17.4 Å². The molecule has 6 bridgehead atoms. The van der Waals surface area contributed by atoms with Crippen LogP contribution >= 0.6 is 0 Å². The van der Waals surface area contributed by atoms with Gasteiger partial charge in [0.05, 0.1) is 0 Å². The SMILES string of the molecule is CC1C2CC[C-](C2)C1(C)C.CC1C2CC[C-](C2)C1(C)C.CC1C2CC[C-](C2)C1(C)C.[Cr+3]. The summed E-state index contributed by atoms with van der Waals surface area (Å²) in [6.45, 7) is 21.8. The van der Waals surface area contributed by atoms with Gasteiger partial charge in [0.2, 0.25) is 0 Å². The molecule has 0 nitrogen and oxygen atoms in total. The van der Waals surface area contributed by atoms with E-state index < -0.39 is 0 Å². The fraction of sp³-hybridized carbons (Fsp3) is 0.900. The molecule has 0 aromatic heterocycles. The van der Waals surface area contributed by atoms with Crippen LogP contribution in [0.5, 0.6) is 0 Å². The van der Waals surface area contributed by atoms with Crippen molar-refractivity contribution >= 4 is 0 Å². The van der Waals surface area contributed by atoms with Gasteiger partial charge >= 0.3 is 17.4 Å². The zero-order valence-corrected chi connectivity index (χ0v) is 23.5. The Balaban J connectivity index is 0.000000130. The van der Waals surface area contributed by atoms with E-state index in [9.17, 15) is 0 Å². The maximum atomic E-state index is 2.43. The molecule has 0 aliphatic heterocycles. The molecule has 6 atom stereocenters. The smallest absolute Gasteiger partial charge is 0.308 e. The molecule has 6 unspecified atom stereocenters. The Morgan fingerprint density at radius 1 is 0.484 bits per heavy atom. The van der Waals surface area contributed by atoms with Gasteiger partial charge in [-0.15, -0.1) is 0 Å². The maximum absolute atomic E-state index is 2.43.